The maximum absolute atomic E-state index is 13.3. The van der Waals surface area contributed by atoms with E-state index in [9.17, 15) is 9.59 Å². The largest absolute Gasteiger partial charge is 0.513 e. The van der Waals surface area contributed by atoms with Crippen molar-refractivity contribution in [2.24, 2.45) is 0 Å². The highest BCUT2D eigenvalue weighted by molar-refractivity contribution is 5.98. The van der Waals surface area contributed by atoms with Crippen molar-refractivity contribution in [3.63, 3.8) is 0 Å². The summed E-state index contributed by atoms with van der Waals surface area (Å²) in [6.45, 7) is 11.4. The first-order valence-corrected chi connectivity index (χ1v) is 11.5. The number of amides is 1. The lowest BCUT2D eigenvalue weighted by atomic mass is 9.86. The third-order valence-corrected chi connectivity index (χ3v) is 6.58. The Hall–Kier alpha value is -3.61. The molecule has 0 saturated carbocycles. The molecule has 1 aliphatic rings. The van der Waals surface area contributed by atoms with E-state index in [0.29, 0.717) is 30.2 Å². The second kappa shape index (κ2) is 8.97. The quantitative estimate of drug-likeness (QED) is 0.394. The smallest absolute Gasteiger partial charge is 0.477 e. The molecule has 1 unspecified atom stereocenters. The Balaban J connectivity index is 1.61. The van der Waals surface area contributed by atoms with Crippen molar-refractivity contribution in [3.8, 4) is 11.5 Å². The van der Waals surface area contributed by atoms with Gasteiger partial charge in [0.2, 0.25) is 0 Å². The van der Waals surface area contributed by atoms with Crippen LogP contribution < -0.4 is 14.8 Å². The molecule has 2 heterocycles. The maximum atomic E-state index is 13.3. The number of hydrogen-bond acceptors (Lipinski definition) is 6. The zero-order chi connectivity index (χ0) is 24.6. The average Bonchev–Trinajstić information content (AvgIpc) is 2.80. The molecule has 34 heavy (non-hydrogen) atoms. The molecule has 0 fully saturated rings. The molecule has 0 spiro atoms. The zero-order valence-electron chi connectivity index (χ0n) is 20.5. The van der Waals surface area contributed by atoms with Crippen LogP contribution in [-0.4, -0.2) is 29.3 Å². The van der Waals surface area contributed by atoms with Crippen LogP contribution in [0.4, 0.5) is 10.6 Å². The Kier molecular flexibility index (Phi) is 6.21. The molecule has 0 bridgehead atoms. The van der Waals surface area contributed by atoms with Crippen molar-refractivity contribution in [2.75, 3.05) is 11.9 Å². The molecule has 1 aliphatic heterocycles. The van der Waals surface area contributed by atoms with Crippen LogP contribution in [0.15, 0.2) is 30.3 Å². The normalized spacial score (nSPS) is 17.0. The summed E-state index contributed by atoms with van der Waals surface area (Å²) < 4.78 is 16.8. The minimum atomic E-state index is -1.07. The van der Waals surface area contributed by atoms with E-state index in [2.05, 4.69) is 10.3 Å². The number of carbonyl (C=O) groups is 2. The van der Waals surface area contributed by atoms with E-state index in [1.807, 2.05) is 58.0 Å². The van der Waals surface area contributed by atoms with Gasteiger partial charge in [0, 0.05) is 17.4 Å². The highest BCUT2D eigenvalue weighted by atomic mass is 16.7. The summed E-state index contributed by atoms with van der Waals surface area (Å²) >= 11 is 0. The van der Waals surface area contributed by atoms with Gasteiger partial charge in [0.15, 0.2) is 5.60 Å². The predicted molar refractivity (Wildman–Crippen MR) is 131 cm³/mol. The van der Waals surface area contributed by atoms with Crippen LogP contribution in [0.1, 0.15) is 48.1 Å². The van der Waals surface area contributed by atoms with Crippen LogP contribution in [0.2, 0.25) is 0 Å². The Labute approximate surface area is 199 Å². The molecule has 4 rings (SSSR count). The van der Waals surface area contributed by atoms with Crippen LogP contribution in [0.25, 0.3) is 10.9 Å². The number of aryl methyl sites for hydroxylation is 1. The second-order valence-electron chi connectivity index (χ2n) is 8.93. The summed E-state index contributed by atoms with van der Waals surface area (Å²) in [7, 11) is 0. The molecule has 1 N–H and O–H groups in total. The Bertz CT molecular complexity index is 1300. The van der Waals surface area contributed by atoms with Crippen LogP contribution >= 0.6 is 0 Å². The van der Waals surface area contributed by atoms with Crippen molar-refractivity contribution < 1.29 is 23.8 Å². The zero-order valence-corrected chi connectivity index (χ0v) is 20.5. The van der Waals surface area contributed by atoms with E-state index in [1.165, 1.54) is 0 Å². The standard InChI is InChI=1S/C27H30N2O5/c1-7-32-26(31)33-23-16(3)17(4)24-20(18(23)5)12-13-27(6,34-24)25(30)29-22-14-15(2)19-10-8-9-11-21(19)28-22/h8-11,14H,7,12-13H2,1-6H3,(H,28,29,30). The SMILES string of the molecule is CCOC(=O)Oc1c(C)c(C)c2c(c1C)CCC(C)(C(=O)Nc1cc(C)c3ccccc3n1)O2. The summed E-state index contributed by atoms with van der Waals surface area (Å²) in [5, 5.41) is 4.01. The van der Waals surface area contributed by atoms with Crippen LogP contribution in [0, 0.1) is 27.7 Å². The number of rotatable bonds is 4. The second-order valence-corrected chi connectivity index (χ2v) is 8.93. The highest BCUT2D eigenvalue weighted by Gasteiger charge is 2.41. The van der Waals surface area contributed by atoms with Crippen LogP contribution in [-0.2, 0) is 16.0 Å². The van der Waals surface area contributed by atoms with Gasteiger partial charge in [-0.25, -0.2) is 9.78 Å². The molecule has 1 atom stereocenters. The van der Waals surface area contributed by atoms with E-state index in [0.717, 1.165) is 38.7 Å². The third-order valence-electron chi connectivity index (χ3n) is 6.58. The number of aromatic nitrogens is 1. The van der Waals surface area contributed by atoms with E-state index >= 15 is 0 Å². The monoisotopic (exact) mass is 462 g/mol. The van der Waals surface area contributed by atoms with Gasteiger partial charge in [0.05, 0.1) is 12.1 Å². The summed E-state index contributed by atoms with van der Waals surface area (Å²) in [5.41, 5.74) is 4.17. The fourth-order valence-electron chi connectivity index (χ4n) is 4.44. The molecule has 7 heteroatoms. The van der Waals surface area contributed by atoms with Crippen molar-refractivity contribution in [3.05, 3.63) is 58.1 Å². The first-order chi connectivity index (χ1) is 16.1. The Morgan fingerprint density at radius 2 is 1.85 bits per heavy atom. The maximum Gasteiger partial charge on any atom is 0.513 e. The van der Waals surface area contributed by atoms with Gasteiger partial charge >= 0.3 is 6.16 Å². The molecule has 7 nitrogen and oxygen atoms in total. The topological polar surface area (TPSA) is 86.8 Å². The molecule has 1 amide bonds. The van der Waals surface area contributed by atoms with Crippen molar-refractivity contribution in [1.82, 2.24) is 4.98 Å². The number of nitrogens with zero attached hydrogens (tertiary/aromatic N) is 1. The first kappa shape index (κ1) is 23.5. The van der Waals surface area contributed by atoms with E-state index in [-0.39, 0.29) is 12.5 Å². The molecule has 0 aliphatic carbocycles. The third kappa shape index (κ3) is 4.18. The van der Waals surface area contributed by atoms with Gasteiger partial charge in [0.25, 0.3) is 5.91 Å². The number of hydrogen-bond donors (Lipinski definition) is 1. The first-order valence-electron chi connectivity index (χ1n) is 11.5. The van der Waals surface area contributed by atoms with Gasteiger partial charge in [0.1, 0.15) is 17.3 Å². The lowest BCUT2D eigenvalue weighted by Gasteiger charge is -2.36. The molecule has 0 saturated heterocycles. The summed E-state index contributed by atoms with van der Waals surface area (Å²) in [4.78, 5) is 29.9. The molecule has 2 aromatic carbocycles. The number of fused-ring (bicyclic) bond motifs is 2. The van der Waals surface area contributed by atoms with Crippen LogP contribution in [0.3, 0.4) is 0 Å². The predicted octanol–water partition coefficient (Wildman–Crippen LogP) is 5.73. The molecule has 0 radical (unpaired) electrons. The Morgan fingerprint density at radius 1 is 1.12 bits per heavy atom. The fraction of sp³-hybridized carbons (Fsp3) is 0.370. The number of carbonyl (C=O) groups excluding carboxylic acids is 2. The van der Waals surface area contributed by atoms with Gasteiger partial charge in [-0.1, -0.05) is 18.2 Å². The molecular weight excluding hydrogens is 432 g/mol. The van der Waals surface area contributed by atoms with Gasteiger partial charge in [-0.3, -0.25) is 4.79 Å². The molecule has 1 aromatic heterocycles. The number of benzene rings is 2. The molecule has 178 valence electrons. The average molecular weight is 463 g/mol. The number of pyridine rings is 1. The highest BCUT2D eigenvalue weighted by Crippen LogP contribution is 2.44. The van der Waals surface area contributed by atoms with E-state index < -0.39 is 11.8 Å². The summed E-state index contributed by atoms with van der Waals surface area (Å²) in [6.07, 6.45) is 0.350. The van der Waals surface area contributed by atoms with Gasteiger partial charge in [-0.15, -0.1) is 0 Å². The minimum Gasteiger partial charge on any atom is -0.477 e. The van der Waals surface area contributed by atoms with E-state index in [1.54, 1.807) is 13.8 Å². The summed E-state index contributed by atoms with van der Waals surface area (Å²) in [6, 6.07) is 9.71. The van der Waals surface area contributed by atoms with Crippen molar-refractivity contribution in [2.45, 2.75) is 60.0 Å². The Morgan fingerprint density at radius 3 is 2.59 bits per heavy atom. The lowest BCUT2D eigenvalue weighted by molar-refractivity contribution is -0.131. The number of anilines is 1. The number of nitrogens with one attached hydrogen (secondary N) is 1. The van der Waals surface area contributed by atoms with Gasteiger partial charge in [-0.2, -0.15) is 0 Å². The molecule has 3 aromatic rings. The van der Waals surface area contributed by atoms with Crippen LogP contribution in [0.5, 0.6) is 11.5 Å². The molecular formula is C27H30N2O5. The lowest BCUT2D eigenvalue weighted by Crippen LogP contribution is -2.48. The number of para-hydroxylation sites is 1. The fourth-order valence-corrected chi connectivity index (χ4v) is 4.44. The number of ether oxygens (including phenoxy) is 3. The summed E-state index contributed by atoms with van der Waals surface area (Å²) in [5.74, 6) is 1.40. The van der Waals surface area contributed by atoms with Crippen molar-refractivity contribution in [1.29, 1.82) is 0 Å². The van der Waals surface area contributed by atoms with E-state index in [4.69, 9.17) is 14.2 Å². The van der Waals surface area contributed by atoms with Gasteiger partial charge in [-0.05, 0) is 82.3 Å². The minimum absolute atomic E-state index is 0.239. The van der Waals surface area contributed by atoms with Crippen molar-refractivity contribution >= 4 is 28.8 Å². The van der Waals surface area contributed by atoms with Gasteiger partial charge < -0.3 is 19.5 Å².